The first kappa shape index (κ1) is 11.4. The van der Waals surface area contributed by atoms with Crippen molar-refractivity contribution in [3.8, 4) is 0 Å². The Hall–Kier alpha value is -1.64. The minimum Gasteiger partial charge on any atom is -0.372 e. The largest absolute Gasteiger partial charge is 0.372 e. The summed E-state index contributed by atoms with van der Waals surface area (Å²) in [6.45, 7) is 5.54. The van der Waals surface area contributed by atoms with Crippen molar-refractivity contribution in [3.05, 3.63) is 36.7 Å². The molecular formula is C12H16N2O. The number of allylic oxidation sites excluding steroid dienone is 2. The normalized spacial score (nSPS) is 22.0. The first-order chi connectivity index (χ1) is 7.19. The lowest BCUT2D eigenvalue weighted by Crippen LogP contribution is -2.29. The summed E-state index contributed by atoms with van der Waals surface area (Å²) in [4.78, 5) is 16.9. The van der Waals surface area contributed by atoms with Crippen LogP contribution in [0.1, 0.15) is 13.3 Å². The molecule has 1 rings (SSSR count). The molecule has 0 amide bonds. The molecule has 0 aromatic carbocycles. The van der Waals surface area contributed by atoms with Crippen molar-refractivity contribution in [3.63, 3.8) is 0 Å². The highest BCUT2D eigenvalue weighted by Gasteiger charge is 2.23. The molecule has 3 heteroatoms. The Labute approximate surface area is 90.5 Å². The van der Waals surface area contributed by atoms with E-state index in [1.807, 2.05) is 25.1 Å². The molecule has 1 aliphatic heterocycles. The van der Waals surface area contributed by atoms with Crippen molar-refractivity contribution in [2.45, 2.75) is 19.4 Å². The van der Waals surface area contributed by atoms with Gasteiger partial charge in [0.2, 0.25) is 0 Å². The molecule has 1 atom stereocenters. The average Bonchev–Trinajstić information content (AvgIpc) is 2.60. The first-order valence-electron chi connectivity index (χ1n) is 4.88. The third-order valence-corrected chi connectivity index (χ3v) is 2.42. The summed E-state index contributed by atoms with van der Waals surface area (Å²) in [5, 5.41) is 0. The van der Waals surface area contributed by atoms with Crippen LogP contribution in [0.25, 0.3) is 0 Å². The minimum absolute atomic E-state index is 0.208. The predicted octanol–water partition coefficient (Wildman–Crippen LogP) is 1.93. The van der Waals surface area contributed by atoms with Gasteiger partial charge in [-0.1, -0.05) is 12.7 Å². The Kier molecular flexibility index (Phi) is 4.03. The van der Waals surface area contributed by atoms with Crippen LogP contribution < -0.4 is 0 Å². The lowest BCUT2D eigenvalue weighted by molar-refractivity contribution is -0.105. The molecule has 0 saturated carbocycles. The lowest BCUT2D eigenvalue weighted by atomic mass is 10.1. The third kappa shape index (κ3) is 2.91. The fraction of sp³-hybridized carbons (Fsp3) is 0.333. The van der Waals surface area contributed by atoms with Gasteiger partial charge < -0.3 is 4.90 Å². The summed E-state index contributed by atoms with van der Waals surface area (Å²) in [6, 6.07) is 0.208. The van der Waals surface area contributed by atoms with Crippen LogP contribution >= 0.6 is 0 Å². The standard InChI is InChI=1S/C12H16N2O/c1-4-5-6-13-10(2)12-7-11(9-15)8-14(12)3/h4-6,8-9,12H,1,7H2,2-3H3/b6-5-,13-10?. The van der Waals surface area contributed by atoms with Crippen LogP contribution in [0.2, 0.25) is 0 Å². The number of rotatable bonds is 4. The fourth-order valence-corrected chi connectivity index (χ4v) is 1.60. The van der Waals surface area contributed by atoms with Crippen LogP contribution in [0.5, 0.6) is 0 Å². The minimum atomic E-state index is 0.208. The molecule has 1 aliphatic rings. The van der Waals surface area contributed by atoms with Crippen LogP contribution in [-0.4, -0.2) is 30.0 Å². The molecule has 3 nitrogen and oxygen atoms in total. The second-order valence-corrected chi connectivity index (χ2v) is 3.55. The van der Waals surface area contributed by atoms with Crippen LogP contribution in [0.4, 0.5) is 0 Å². The Bertz CT molecular complexity index is 340. The maximum atomic E-state index is 10.6. The SMILES string of the molecule is C=C/C=C\N=C(C)C1CC(C=O)=CN1C. The number of carbonyl (C=O) groups is 1. The molecule has 0 aliphatic carbocycles. The summed E-state index contributed by atoms with van der Waals surface area (Å²) in [6.07, 6.45) is 8.71. The molecule has 1 unspecified atom stereocenters. The Balaban J connectivity index is 2.67. The van der Waals surface area contributed by atoms with Crippen LogP contribution in [0.3, 0.4) is 0 Å². The van der Waals surface area contributed by atoms with Gasteiger partial charge in [0.25, 0.3) is 0 Å². The molecule has 0 radical (unpaired) electrons. The molecule has 0 aromatic rings. The number of hydrogen-bond acceptors (Lipinski definition) is 3. The molecule has 15 heavy (non-hydrogen) atoms. The van der Waals surface area contributed by atoms with Crippen molar-refractivity contribution in [1.82, 2.24) is 4.90 Å². The van der Waals surface area contributed by atoms with Crippen molar-refractivity contribution in [2.75, 3.05) is 7.05 Å². The molecule has 0 aromatic heterocycles. The molecule has 0 saturated heterocycles. The molecule has 1 heterocycles. The molecule has 0 spiro atoms. The highest BCUT2D eigenvalue weighted by atomic mass is 16.1. The highest BCUT2D eigenvalue weighted by molar-refractivity contribution is 5.90. The van der Waals surface area contributed by atoms with E-state index < -0.39 is 0 Å². The van der Waals surface area contributed by atoms with Crippen molar-refractivity contribution in [1.29, 1.82) is 0 Å². The Morgan fingerprint density at radius 1 is 1.73 bits per heavy atom. The number of hydrogen-bond donors (Lipinski definition) is 0. The molecule has 0 bridgehead atoms. The van der Waals surface area contributed by atoms with Crippen molar-refractivity contribution >= 4 is 12.0 Å². The van der Waals surface area contributed by atoms with E-state index in [1.165, 1.54) is 0 Å². The smallest absolute Gasteiger partial charge is 0.147 e. The van der Waals surface area contributed by atoms with E-state index in [4.69, 9.17) is 0 Å². The maximum Gasteiger partial charge on any atom is 0.147 e. The van der Waals surface area contributed by atoms with E-state index in [0.29, 0.717) is 0 Å². The summed E-state index contributed by atoms with van der Waals surface area (Å²) in [5.74, 6) is 0. The van der Waals surface area contributed by atoms with E-state index >= 15 is 0 Å². The van der Waals surface area contributed by atoms with E-state index in [2.05, 4.69) is 11.6 Å². The summed E-state index contributed by atoms with van der Waals surface area (Å²) in [7, 11) is 1.96. The molecule has 0 fully saturated rings. The number of aldehydes is 1. The van der Waals surface area contributed by atoms with Gasteiger partial charge >= 0.3 is 0 Å². The van der Waals surface area contributed by atoms with Crippen LogP contribution in [0, 0.1) is 0 Å². The zero-order valence-corrected chi connectivity index (χ0v) is 9.18. The maximum absolute atomic E-state index is 10.6. The monoisotopic (exact) mass is 204 g/mol. The average molecular weight is 204 g/mol. The summed E-state index contributed by atoms with van der Waals surface area (Å²) < 4.78 is 0. The topological polar surface area (TPSA) is 32.7 Å². The second kappa shape index (κ2) is 5.29. The van der Waals surface area contributed by atoms with E-state index in [0.717, 1.165) is 24.0 Å². The Morgan fingerprint density at radius 2 is 2.47 bits per heavy atom. The second-order valence-electron chi connectivity index (χ2n) is 3.55. The number of aliphatic imine (C=N–C) groups is 1. The van der Waals surface area contributed by atoms with Crippen LogP contribution in [-0.2, 0) is 4.79 Å². The van der Waals surface area contributed by atoms with Crippen molar-refractivity contribution in [2.24, 2.45) is 4.99 Å². The Morgan fingerprint density at radius 3 is 3.00 bits per heavy atom. The first-order valence-corrected chi connectivity index (χ1v) is 4.88. The van der Waals surface area contributed by atoms with Gasteiger partial charge in [-0.25, -0.2) is 0 Å². The van der Waals surface area contributed by atoms with Gasteiger partial charge in [-0.05, 0) is 13.0 Å². The molecular weight excluding hydrogens is 188 g/mol. The van der Waals surface area contributed by atoms with Gasteiger partial charge in [0.1, 0.15) is 6.29 Å². The highest BCUT2D eigenvalue weighted by Crippen LogP contribution is 2.19. The fourth-order valence-electron chi connectivity index (χ4n) is 1.60. The van der Waals surface area contributed by atoms with Gasteiger partial charge in [-0.15, -0.1) is 0 Å². The van der Waals surface area contributed by atoms with Gasteiger partial charge in [-0.3, -0.25) is 9.79 Å². The molecule has 80 valence electrons. The quantitative estimate of drug-likeness (QED) is 0.398. The van der Waals surface area contributed by atoms with Crippen molar-refractivity contribution < 1.29 is 4.79 Å². The predicted molar refractivity (Wildman–Crippen MR) is 62.8 cm³/mol. The summed E-state index contributed by atoms with van der Waals surface area (Å²) >= 11 is 0. The van der Waals surface area contributed by atoms with Gasteiger partial charge in [0.15, 0.2) is 0 Å². The van der Waals surface area contributed by atoms with Crippen LogP contribution in [0.15, 0.2) is 41.7 Å². The van der Waals surface area contributed by atoms with Gasteiger partial charge in [-0.2, -0.15) is 0 Å². The third-order valence-electron chi connectivity index (χ3n) is 2.42. The lowest BCUT2D eigenvalue weighted by Gasteiger charge is -2.19. The van der Waals surface area contributed by atoms with Gasteiger partial charge in [0, 0.05) is 37.2 Å². The molecule has 0 N–H and O–H groups in total. The zero-order chi connectivity index (χ0) is 11.3. The number of nitrogens with zero attached hydrogens (tertiary/aromatic N) is 2. The zero-order valence-electron chi connectivity index (χ0n) is 9.18. The number of carbonyl (C=O) groups excluding carboxylic acids is 1. The summed E-state index contributed by atoms with van der Waals surface area (Å²) in [5.41, 5.74) is 1.83. The van der Waals surface area contributed by atoms with E-state index in [9.17, 15) is 4.79 Å². The van der Waals surface area contributed by atoms with Gasteiger partial charge in [0.05, 0.1) is 6.04 Å². The van der Waals surface area contributed by atoms with E-state index in [1.54, 1.807) is 18.4 Å². The van der Waals surface area contributed by atoms with E-state index in [-0.39, 0.29) is 6.04 Å².